The van der Waals surface area contributed by atoms with Crippen molar-refractivity contribution < 1.29 is 14.6 Å². The van der Waals surface area contributed by atoms with Gasteiger partial charge in [0.15, 0.2) is 5.82 Å². The number of rotatable bonds is 9. The number of nitrogens with zero attached hydrogens (tertiary/aromatic N) is 7. The largest absolute Gasteiger partial charge is 0.494 e. The molecule has 0 aliphatic carbocycles. The zero-order valence-corrected chi connectivity index (χ0v) is 23.5. The van der Waals surface area contributed by atoms with Crippen molar-refractivity contribution in [1.29, 1.82) is 0 Å². The quantitative estimate of drug-likeness (QED) is 0.343. The van der Waals surface area contributed by atoms with E-state index in [1.165, 1.54) is 6.08 Å². The van der Waals surface area contributed by atoms with Crippen LogP contribution in [0, 0.1) is 13.8 Å². The second-order valence-corrected chi connectivity index (χ2v) is 10.4. The summed E-state index contributed by atoms with van der Waals surface area (Å²) in [5.41, 5.74) is 5.01. The number of methoxy groups -OCH3 is 1. The molecule has 0 unspecified atom stereocenters. The van der Waals surface area contributed by atoms with Gasteiger partial charge in [-0.1, -0.05) is 6.58 Å². The number of aliphatic hydroxyl groups excluding tert-OH is 1. The standard InChI is InChI=1S/C28H37N9O3/c1-6-26(39)30-22-11-23(25(40-5)12-24(22)36-9-7-34(4)8-10-36)31-28-29-13-18(2)27(32-28)37-15-20(19(3)33-37)14-35-16-21(38)17-35/h6,11-13,15,21,38H,1,7-10,14,16-17H2,2-5H3,(H,30,39)(H,29,31,32). The van der Waals surface area contributed by atoms with Gasteiger partial charge in [0.25, 0.3) is 0 Å². The first-order chi connectivity index (χ1) is 19.2. The van der Waals surface area contributed by atoms with Crippen molar-refractivity contribution in [1.82, 2.24) is 29.5 Å². The third-order valence-electron chi connectivity index (χ3n) is 7.35. The van der Waals surface area contributed by atoms with E-state index >= 15 is 0 Å². The average Bonchev–Trinajstić information content (AvgIpc) is 3.29. The number of aliphatic hydroxyl groups is 1. The van der Waals surface area contributed by atoms with Gasteiger partial charge in [0.05, 0.1) is 36.0 Å². The molecule has 1 amide bonds. The van der Waals surface area contributed by atoms with Gasteiger partial charge < -0.3 is 30.3 Å². The van der Waals surface area contributed by atoms with Crippen LogP contribution in [-0.4, -0.2) is 100 Å². The van der Waals surface area contributed by atoms with E-state index in [1.54, 1.807) is 18.0 Å². The van der Waals surface area contributed by atoms with Gasteiger partial charge in [-0.05, 0) is 33.0 Å². The number of amides is 1. The lowest BCUT2D eigenvalue weighted by Crippen LogP contribution is -2.49. The molecule has 0 spiro atoms. The number of benzene rings is 1. The number of anilines is 4. The van der Waals surface area contributed by atoms with Crippen LogP contribution in [0.15, 0.2) is 37.2 Å². The van der Waals surface area contributed by atoms with Crippen molar-refractivity contribution in [2.45, 2.75) is 26.5 Å². The van der Waals surface area contributed by atoms with Crippen molar-refractivity contribution in [3.05, 3.63) is 54.0 Å². The second-order valence-electron chi connectivity index (χ2n) is 10.4. The van der Waals surface area contributed by atoms with Gasteiger partial charge in [-0.3, -0.25) is 9.69 Å². The predicted octanol–water partition coefficient (Wildman–Crippen LogP) is 2.08. The number of nitrogens with one attached hydrogen (secondary N) is 2. The van der Waals surface area contributed by atoms with Gasteiger partial charge in [-0.15, -0.1) is 0 Å². The molecule has 212 valence electrons. The van der Waals surface area contributed by atoms with Crippen LogP contribution in [0.1, 0.15) is 16.8 Å². The number of carbonyl (C=O) groups excluding carboxylic acids is 1. The van der Waals surface area contributed by atoms with E-state index < -0.39 is 0 Å². The van der Waals surface area contributed by atoms with Gasteiger partial charge in [-0.25, -0.2) is 9.67 Å². The van der Waals surface area contributed by atoms with E-state index in [0.717, 1.165) is 55.2 Å². The molecular formula is C28H37N9O3. The minimum Gasteiger partial charge on any atom is -0.494 e. The van der Waals surface area contributed by atoms with Gasteiger partial charge in [0.1, 0.15) is 5.75 Å². The molecule has 0 atom stereocenters. The van der Waals surface area contributed by atoms with E-state index in [4.69, 9.17) is 14.8 Å². The number of likely N-dealkylation sites (N-methyl/N-ethyl adjacent to an activating group) is 1. The predicted molar refractivity (Wildman–Crippen MR) is 155 cm³/mol. The number of carbonyl (C=O) groups is 1. The Hall–Kier alpha value is -4.00. The van der Waals surface area contributed by atoms with E-state index in [2.05, 4.69) is 43.9 Å². The van der Waals surface area contributed by atoms with Crippen LogP contribution in [0.2, 0.25) is 0 Å². The maximum Gasteiger partial charge on any atom is 0.247 e. The summed E-state index contributed by atoms with van der Waals surface area (Å²) in [4.78, 5) is 28.3. The monoisotopic (exact) mass is 547 g/mol. The zero-order valence-electron chi connectivity index (χ0n) is 23.5. The fourth-order valence-electron chi connectivity index (χ4n) is 4.95. The van der Waals surface area contributed by atoms with Gasteiger partial charge >= 0.3 is 0 Å². The molecular weight excluding hydrogens is 510 g/mol. The van der Waals surface area contributed by atoms with Crippen molar-refractivity contribution in [3.8, 4) is 11.6 Å². The minimum atomic E-state index is -0.294. The van der Waals surface area contributed by atoms with Crippen molar-refractivity contribution in [2.75, 3.05) is 69.0 Å². The van der Waals surface area contributed by atoms with Crippen molar-refractivity contribution >= 4 is 28.9 Å². The number of hydrogen-bond donors (Lipinski definition) is 3. The Balaban J connectivity index is 1.44. The summed E-state index contributed by atoms with van der Waals surface area (Å²) in [7, 11) is 3.72. The Morgan fingerprint density at radius 2 is 1.95 bits per heavy atom. The van der Waals surface area contributed by atoms with Crippen molar-refractivity contribution in [3.63, 3.8) is 0 Å². The molecule has 2 aliphatic rings. The molecule has 2 aromatic heterocycles. The average molecular weight is 548 g/mol. The summed E-state index contributed by atoms with van der Waals surface area (Å²) >= 11 is 0. The smallest absolute Gasteiger partial charge is 0.247 e. The highest BCUT2D eigenvalue weighted by atomic mass is 16.5. The SMILES string of the molecule is C=CC(=O)Nc1cc(Nc2ncc(C)c(-n3cc(CN4CC(O)C4)c(C)n3)n2)c(OC)cc1N1CCN(C)CC1. The highest BCUT2D eigenvalue weighted by Crippen LogP contribution is 2.38. The molecule has 2 fully saturated rings. The van der Waals surface area contributed by atoms with Crippen LogP contribution in [-0.2, 0) is 11.3 Å². The molecule has 1 aromatic carbocycles. The molecule has 0 radical (unpaired) electrons. The summed E-state index contributed by atoms with van der Waals surface area (Å²) in [6, 6.07) is 3.77. The molecule has 0 bridgehead atoms. The Kier molecular flexibility index (Phi) is 8.01. The fraction of sp³-hybridized carbons (Fsp3) is 0.429. The third kappa shape index (κ3) is 5.93. The molecule has 12 nitrogen and oxygen atoms in total. The number of piperazine rings is 1. The van der Waals surface area contributed by atoms with Crippen LogP contribution in [0.5, 0.6) is 5.75 Å². The molecule has 4 heterocycles. The molecule has 5 rings (SSSR count). The lowest BCUT2D eigenvalue weighted by atomic mass is 10.1. The Labute approximate surface area is 234 Å². The lowest BCUT2D eigenvalue weighted by molar-refractivity contribution is -0.111. The number of aryl methyl sites for hydroxylation is 2. The van der Waals surface area contributed by atoms with E-state index in [9.17, 15) is 9.90 Å². The van der Waals surface area contributed by atoms with Crippen LogP contribution >= 0.6 is 0 Å². The number of ether oxygens (including phenoxy) is 1. The lowest BCUT2D eigenvalue weighted by Gasteiger charge is -2.35. The summed E-state index contributed by atoms with van der Waals surface area (Å²) in [5.74, 6) is 1.33. The van der Waals surface area contributed by atoms with Crippen molar-refractivity contribution in [2.24, 2.45) is 0 Å². The maximum absolute atomic E-state index is 12.3. The Morgan fingerprint density at radius 1 is 1.20 bits per heavy atom. The highest BCUT2D eigenvalue weighted by molar-refractivity contribution is 6.02. The molecule has 2 aliphatic heterocycles. The normalized spacial score (nSPS) is 16.5. The van der Waals surface area contributed by atoms with E-state index in [1.807, 2.05) is 32.2 Å². The second kappa shape index (κ2) is 11.6. The number of aromatic nitrogens is 4. The number of β-amino-alcohol motifs (C(OH)–C–C–N with tert-alkyl or cyclic N) is 1. The molecule has 2 saturated heterocycles. The maximum atomic E-state index is 12.3. The first-order valence-corrected chi connectivity index (χ1v) is 13.4. The zero-order chi connectivity index (χ0) is 28.4. The van der Waals surface area contributed by atoms with Crippen LogP contribution in [0.3, 0.4) is 0 Å². The van der Waals surface area contributed by atoms with Crippen LogP contribution in [0.4, 0.5) is 23.0 Å². The first kappa shape index (κ1) is 27.6. The molecule has 3 aromatic rings. The van der Waals surface area contributed by atoms with Gasteiger partial charge in [-0.2, -0.15) is 10.1 Å². The third-order valence-corrected chi connectivity index (χ3v) is 7.35. The summed E-state index contributed by atoms with van der Waals surface area (Å²) in [6.45, 7) is 13.1. The van der Waals surface area contributed by atoms with E-state index in [0.29, 0.717) is 42.0 Å². The number of likely N-dealkylation sites (tertiary alicyclic amines) is 1. The molecule has 0 saturated carbocycles. The highest BCUT2D eigenvalue weighted by Gasteiger charge is 2.26. The Morgan fingerprint density at radius 3 is 2.62 bits per heavy atom. The topological polar surface area (TPSA) is 124 Å². The molecule has 3 N–H and O–H groups in total. The molecule has 12 heteroatoms. The summed E-state index contributed by atoms with van der Waals surface area (Å²) < 4.78 is 7.52. The van der Waals surface area contributed by atoms with Gasteiger partial charge in [0.2, 0.25) is 11.9 Å². The Bertz CT molecular complexity index is 1390. The van der Waals surface area contributed by atoms with Gasteiger partial charge in [0, 0.05) is 75.4 Å². The number of hydrogen-bond acceptors (Lipinski definition) is 10. The minimum absolute atomic E-state index is 0.244. The van der Waals surface area contributed by atoms with Crippen LogP contribution in [0.25, 0.3) is 5.82 Å². The molecule has 40 heavy (non-hydrogen) atoms. The van der Waals surface area contributed by atoms with E-state index in [-0.39, 0.29) is 12.0 Å². The fourth-order valence-corrected chi connectivity index (χ4v) is 4.95. The van der Waals surface area contributed by atoms with Crippen LogP contribution < -0.4 is 20.3 Å². The summed E-state index contributed by atoms with van der Waals surface area (Å²) in [5, 5.41) is 20.5. The summed E-state index contributed by atoms with van der Waals surface area (Å²) in [6.07, 6.45) is 4.74. The first-order valence-electron chi connectivity index (χ1n) is 13.4.